The van der Waals surface area contributed by atoms with Gasteiger partial charge in [-0.2, -0.15) is 0 Å². The summed E-state index contributed by atoms with van der Waals surface area (Å²) < 4.78 is 0. The summed E-state index contributed by atoms with van der Waals surface area (Å²) in [5, 5.41) is 7.57. The maximum Gasteiger partial charge on any atom is 2.00 e. The van der Waals surface area contributed by atoms with E-state index in [1.165, 1.54) is 0 Å². The van der Waals surface area contributed by atoms with Crippen LogP contribution < -0.4 is 0 Å². The van der Waals surface area contributed by atoms with Gasteiger partial charge in [0.05, 0.1) is 0 Å². The van der Waals surface area contributed by atoms with Gasteiger partial charge in [0.2, 0.25) is 0 Å². The Balaban J connectivity index is -0.0000000200. The first kappa shape index (κ1) is 17.3. The fourth-order valence-electron chi connectivity index (χ4n) is 0. The number of hydrogen-bond acceptors (Lipinski definition) is 1. The van der Waals surface area contributed by atoms with Crippen LogP contribution in [0.2, 0.25) is 0 Å². The van der Waals surface area contributed by atoms with Gasteiger partial charge >= 0.3 is 23.1 Å². The minimum Gasteiger partial charge on any atom is -2.00 e. The van der Waals surface area contributed by atoms with E-state index < -0.39 is 0 Å². The first-order chi connectivity index (χ1) is 1.41. The Labute approximate surface area is 47.6 Å². The summed E-state index contributed by atoms with van der Waals surface area (Å²) in [7, 11) is 0. The molecule has 0 atom stereocenters. The number of rotatable bonds is 0. The number of aliphatic hydroxyl groups excluding tert-OH is 1. The van der Waals surface area contributed by atoms with E-state index in [0.717, 1.165) is 0 Å². The Bertz CT molecular complexity index is 7.61. The average molecular weight is 86.4 g/mol. The molecule has 28 valence electrons. The van der Waals surface area contributed by atoms with Gasteiger partial charge < -0.3 is 10.6 Å². The summed E-state index contributed by atoms with van der Waals surface area (Å²) in [6, 6.07) is 0. The van der Waals surface area contributed by atoms with E-state index in [0.29, 0.717) is 0 Å². The molecule has 0 spiro atoms. The van der Waals surface area contributed by atoms with Gasteiger partial charge in [0, 0.05) is 6.61 Å². The fourth-order valence-corrected chi connectivity index (χ4v) is 0. The van der Waals surface area contributed by atoms with Crippen molar-refractivity contribution in [1.29, 1.82) is 0 Å². The van der Waals surface area contributed by atoms with Gasteiger partial charge in [0.15, 0.2) is 0 Å². The molecule has 0 saturated heterocycles. The smallest absolute Gasteiger partial charge is 2.00 e. The molecule has 0 fully saturated rings. The Morgan fingerprint density at radius 3 is 1.60 bits per heavy atom. The average Bonchev–Trinajstić information content (AvgIpc) is 0.918. The van der Waals surface area contributed by atoms with Gasteiger partial charge in [-0.15, -0.1) is 0 Å². The summed E-state index contributed by atoms with van der Waals surface area (Å²) in [6.07, 6.45) is 0. The molecular weight excluding hydrogens is 80.3 g/mol. The predicted octanol–water partition coefficient (Wildman–Crippen LogP) is -0.501. The molecule has 0 aromatic heterocycles. The summed E-state index contributed by atoms with van der Waals surface area (Å²) in [6.45, 7) is 1.93. The van der Waals surface area contributed by atoms with Crippen molar-refractivity contribution >= 4 is 23.1 Å². The molecule has 0 amide bonds. The van der Waals surface area contributed by atoms with Crippen LogP contribution in [0.15, 0.2) is 0 Å². The minimum absolute atomic E-state index is 0. The van der Waals surface area contributed by atoms with Gasteiger partial charge in [-0.3, -0.25) is 0 Å². The molecule has 3 heteroatoms. The fraction of sp³-hybridized carbons (Fsp3) is 1.00. The van der Waals surface area contributed by atoms with Crippen LogP contribution in [0.5, 0.6) is 0 Å². The Kier molecular flexibility index (Phi) is 77.5. The predicted molar refractivity (Wildman–Crippen MR) is 19.2 cm³/mol. The largest absolute Gasteiger partial charge is 2.00 e. The van der Waals surface area contributed by atoms with Crippen LogP contribution >= 0.6 is 0 Å². The van der Waals surface area contributed by atoms with Crippen molar-refractivity contribution < 1.29 is 10.6 Å². The molecule has 2 nitrogen and oxygen atoms in total. The summed E-state index contributed by atoms with van der Waals surface area (Å²) in [5.41, 5.74) is 0. The van der Waals surface area contributed by atoms with E-state index >= 15 is 0 Å². The molecule has 0 aromatic rings. The first-order valence-electron chi connectivity index (χ1n) is 1.02. The van der Waals surface area contributed by atoms with E-state index in [9.17, 15) is 0 Å². The van der Waals surface area contributed by atoms with Crippen LogP contribution in [0.3, 0.4) is 0 Å². The Morgan fingerprint density at radius 1 is 1.60 bits per heavy atom. The monoisotopic (exact) mass is 86.0 g/mol. The second-order valence-electron chi connectivity index (χ2n) is 0.316. The minimum atomic E-state index is 0. The van der Waals surface area contributed by atoms with E-state index in [1.54, 1.807) is 6.92 Å². The Hall–Kier alpha value is 0.686. The molecule has 0 aliphatic heterocycles. The molecule has 0 heterocycles. The van der Waals surface area contributed by atoms with Crippen LogP contribution in [0, 0.1) is 0 Å². The summed E-state index contributed by atoms with van der Waals surface area (Å²) in [4.78, 5) is 0. The molecule has 5 heavy (non-hydrogen) atoms. The van der Waals surface area contributed by atoms with Crippen molar-refractivity contribution in [2.45, 2.75) is 6.92 Å². The normalized spacial score (nSPS) is 3.60. The van der Waals surface area contributed by atoms with Crippen molar-refractivity contribution in [1.82, 2.24) is 0 Å². The first-order valence-corrected chi connectivity index (χ1v) is 1.02. The quantitative estimate of drug-likeness (QED) is 0.397. The van der Waals surface area contributed by atoms with Crippen molar-refractivity contribution in [2.24, 2.45) is 0 Å². The second kappa shape index (κ2) is 22.4. The van der Waals surface area contributed by atoms with Crippen LogP contribution in [-0.2, 0) is 5.48 Å². The number of hydrogen-bond donors (Lipinski definition) is 1. The molecule has 0 unspecified atom stereocenters. The Morgan fingerprint density at radius 2 is 1.60 bits per heavy atom. The third-order valence-electron chi connectivity index (χ3n) is 0. The third-order valence-corrected chi connectivity index (χ3v) is 0. The summed E-state index contributed by atoms with van der Waals surface area (Å²) in [5.74, 6) is 0. The van der Waals surface area contributed by atoms with Gasteiger partial charge in [-0.05, 0) is 6.92 Å². The van der Waals surface area contributed by atoms with E-state index in [-0.39, 0.29) is 35.1 Å². The van der Waals surface area contributed by atoms with Gasteiger partial charge in [0.25, 0.3) is 0 Å². The molecule has 0 radical (unpaired) electrons. The molecule has 0 bridgehead atoms. The van der Waals surface area contributed by atoms with Crippen LogP contribution in [0.25, 0.3) is 0 Å². The molecule has 0 aliphatic rings. The van der Waals surface area contributed by atoms with Crippen LogP contribution in [0.1, 0.15) is 6.92 Å². The van der Waals surface area contributed by atoms with Crippen LogP contribution in [-0.4, -0.2) is 34.8 Å². The SMILES string of the molecule is CCO.[Mg+2].[O-2]. The zero-order chi connectivity index (χ0) is 2.71. The van der Waals surface area contributed by atoms with Crippen molar-refractivity contribution in [3.05, 3.63) is 0 Å². The second-order valence-corrected chi connectivity index (χ2v) is 0.316. The van der Waals surface area contributed by atoms with E-state index in [4.69, 9.17) is 5.11 Å². The van der Waals surface area contributed by atoms with Crippen molar-refractivity contribution in [3.8, 4) is 0 Å². The molecular formula is C2H6MgO2. The van der Waals surface area contributed by atoms with Gasteiger partial charge in [-0.1, -0.05) is 0 Å². The van der Waals surface area contributed by atoms with Crippen molar-refractivity contribution in [2.75, 3.05) is 6.61 Å². The standard InChI is InChI=1S/C2H6O.Mg.O/c1-2-3;;/h3H,2H2,1H3;;/q;+2;-2. The van der Waals surface area contributed by atoms with Crippen molar-refractivity contribution in [3.63, 3.8) is 0 Å². The maximum absolute atomic E-state index is 7.57. The molecule has 0 aromatic carbocycles. The summed E-state index contributed by atoms with van der Waals surface area (Å²) >= 11 is 0. The van der Waals surface area contributed by atoms with Crippen LogP contribution in [0.4, 0.5) is 0 Å². The molecule has 0 saturated carbocycles. The molecule has 0 rings (SSSR count). The van der Waals surface area contributed by atoms with E-state index in [1.807, 2.05) is 0 Å². The number of aliphatic hydroxyl groups is 1. The van der Waals surface area contributed by atoms with Gasteiger partial charge in [0.1, 0.15) is 0 Å². The zero-order valence-corrected chi connectivity index (χ0v) is 4.68. The molecule has 0 aliphatic carbocycles. The topological polar surface area (TPSA) is 48.7 Å². The zero-order valence-electron chi connectivity index (χ0n) is 3.27. The molecule has 1 N–H and O–H groups in total. The third kappa shape index (κ3) is 71.8. The van der Waals surface area contributed by atoms with E-state index in [2.05, 4.69) is 0 Å². The maximum atomic E-state index is 7.57. The van der Waals surface area contributed by atoms with Gasteiger partial charge in [-0.25, -0.2) is 0 Å².